The van der Waals surface area contributed by atoms with E-state index in [4.69, 9.17) is 0 Å². The number of anilines is 3. The van der Waals surface area contributed by atoms with Crippen molar-refractivity contribution < 1.29 is 81.4 Å². The van der Waals surface area contributed by atoms with E-state index in [-0.39, 0.29) is 81.4 Å². The molecule has 0 N–H and O–H groups in total. The van der Waals surface area contributed by atoms with E-state index in [1.165, 1.54) is 107 Å². The first-order chi connectivity index (χ1) is 35.1. The van der Waals surface area contributed by atoms with E-state index in [1.807, 2.05) is 23.9 Å². The van der Waals surface area contributed by atoms with Crippen LogP contribution in [0.4, 0.5) is 28.4 Å². The van der Waals surface area contributed by atoms with Gasteiger partial charge < -0.3 is 51.8 Å². The number of fused-ring (bicyclic) bond motifs is 6. The van der Waals surface area contributed by atoms with Crippen LogP contribution in [0.25, 0.3) is 17.5 Å². The number of para-hydroxylation sites is 4. The Morgan fingerprint density at radius 3 is 1.25 bits per heavy atom. The predicted octanol–water partition coefficient (Wildman–Crippen LogP) is 20.8. The number of hydrogen-bond acceptors (Lipinski definition) is 3. The van der Waals surface area contributed by atoms with Crippen molar-refractivity contribution in [2.24, 2.45) is 0 Å². The first-order valence-electron chi connectivity index (χ1n) is 26.3. The summed E-state index contributed by atoms with van der Waals surface area (Å²) < 4.78 is 1.24. The Balaban J connectivity index is -0.000000878. The monoisotopic (exact) mass is 1560 g/mol. The molecule has 0 atom stereocenters. The molecule has 420 valence electrons. The summed E-state index contributed by atoms with van der Waals surface area (Å²) in [6.07, 6.45) is 22.5. The molecule has 9 heteroatoms. The zero-order valence-corrected chi connectivity index (χ0v) is 56.4. The van der Waals surface area contributed by atoms with Crippen LogP contribution < -0.4 is 23.8 Å². The van der Waals surface area contributed by atoms with Gasteiger partial charge in [0.05, 0.1) is 17.1 Å². The molecule has 6 aromatic carbocycles. The third-order valence-electron chi connectivity index (χ3n) is 10.8. The summed E-state index contributed by atoms with van der Waals surface area (Å²) in [6, 6.07) is 46.8. The minimum absolute atomic E-state index is 0. The molecule has 0 unspecified atom stereocenters. The second-order valence-corrected chi connectivity index (χ2v) is 20.1. The van der Waals surface area contributed by atoms with Crippen LogP contribution in [0, 0.1) is 41.5 Å². The number of rotatable bonds is 7. The Hall–Kier alpha value is -1.78. The van der Waals surface area contributed by atoms with Crippen molar-refractivity contribution in [3.8, 4) is 0 Å². The maximum atomic E-state index is 4.59. The molecule has 0 saturated carbocycles. The minimum Gasteiger partial charge on any atom is -0.656 e. The zero-order chi connectivity index (χ0) is 52.9. The smallest absolute Gasteiger partial charge is 0.656 e. The fraction of sp³-hybridized carbons (Fsp3) is 0.313. The Bertz CT molecular complexity index is 2290. The van der Waals surface area contributed by atoms with Crippen LogP contribution in [0.3, 0.4) is 0 Å². The standard InChI is InChI=1S/C21H15NS.C12H8NS.C10H9Br.6C4H9.Li.Pd.2Pt/c1-3-13-20-18(10-1)22(19-11-2-4-14-21(19)23-20)17-12-6-8-15-7-5-9-16(15)17;1-3-7-11-9(5-1)13-10-6-2-4-8-12(10)14-11;1-7-5-8-3-2-4-10(11)9(8)6-7;6*1-3-4-2;;;;/h1-8,10-14H,9H2;1-8H;2-5H,6H2,1H3;6*1,3-4H2,2H3;;;;/q;-1;;6*-1;+1;;;. The van der Waals surface area contributed by atoms with Gasteiger partial charge in [-0.25, -0.2) is 0 Å². The van der Waals surface area contributed by atoms with E-state index in [0.29, 0.717) is 0 Å². The molecule has 2 heterocycles. The maximum absolute atomic E-state index is 4.59. The van der Waals surface area contributed by atoms with Gasteiger partial charge in [-0.05, 0) is 100 Å². The molecule has 10 rings (SSSR count). The van der Waals surface area contributed by atoms with Gasteiger partial charge in [0.2, 0.25) is 0 Å². The largest absolute Gasteiger partial charge is 1.00 e. The van der Waals surface area contributed by atoms with Gasteiger partial charge in [0.25, 0.3) is 0 Å². The molecular weight excluding hydrogens is 1480 g/mol. The zero-order valence-electron chi connectivity index (χ0n) is 47.1. The van der Waals surface area contributed by atoms with Gasteiger partial charge >= 0.3 is 18.9 Å². The SMILES string of the molecule is C1=Cc2cccc(N3c4ccccc4Sc4ccccc43)c2C1.CC1=Cc2cccc(Br)c2C1.[CH2-]CCC.[CH2-]CCC.[CH2-]CCC.[CH2-]CCC.[CH2-]CCC.[CH2-]CCC.[Li+].[Pd].[Pt].[Pt].c1ccc2c(c1)[N-]c1ccccc1S2. The number of nitrogens with zero attached hydrogens (tertiary/aromatic N) is 2. The van der Waals surface area contributed by atoms with Crippen molar-refractivity contribution in [3.63, 3.8) is 0 Å². The Kier molecular flexibility index (Phi) is 50.6. The van der Waals surface area contributed by atoms with Crippen LogP contribution in [0.5, 0.6) is 0 Å². The molecule has 0 saturated heterocycles. The molecule has 4 aliphatic rings. The number of halogens is 1. The average Bonchev–Trinajstić information content (AvgIpc) is 4.10. The molecule has 2 aliphatic carbocycles. The van der Waals surface area contributed by atoms with Crippen LogP contribution >= 0.6 is 39.5 Å². The number of hydrogen-bond donors (Lipinski definition) is 0. The van der Waals surface area contributed by atoms with Gasteiger partial charge in [0.15, 0.2) is 0 Å². The summed E-state index contributed by atoms with van der Waals surface area (Å²) in [5, 5.41) is 4.59. The average molecular weight is 1570 g/mol. The summed E-state index contributed by atoms with van der Waals surface area (Å²) in [5.41, 5.74) is 13.0. The van der Waals surface area contributed by atoms with Crippen molar-refractivity contribution in [3.05, 3.63) is 219 Å². The van der Waals surface area contributed by atoms with E-state index in [1.54, 1.807) is 11.8 Å². The van der Waals surface area contributed by atoms with E-state index < -0.39 is 0 Å². The molecule has 0 spiro atoms. The third-order valence-corrected chi connectivity index (χ3v) is 13.8. The van der Waals surface area contributed by atoms with Crippen LogP contribution in [0.1, 0.15) is 148 Å². The normalized spacial score (nSPS) is 11.1. The maximum Gasteiger partial charge on any atom is 1.00 e. The van der Waals surface area contributed by atoms with Crippen LogP contribution in [0.15, 0.2) is 169 Å². The molecule has 0 aromatic heterocycles. The summed E-state index contributed by atoms with van der Waals surface area (Å²) >= 11 is 7.19. The van der Waals surface area contributed by atoms with Gasteiger partial charge in [-0.15, -0.1) is 11.4 Å². The Labute approximate surface area is 537 Å². The van der Waals surface area contributed by atoms with Gasteiger partial charge in [-0.1, -0.05) is 228 Å². The number of benzene rings is 6. The molecule has 6 aromatic rings. The summed E-state index contributed by atoms with van der Waals surface area (Å²) in [5.74, 6) is 0. The fourth-order valence-corrected chi connectivity index (χ4v) is 9.01. The summed E-state index contributed by atoms with van der Waals surface area (Å²) in [6.45, 7) is 36.5. The van der Waals surface area contributed by atoms with Crippen LogP contribution in [-0.2, 0) is 75.4 Å². The third kappa shape index (κ3) is 28.1. The number of unbranched alkanes of at least 4 members (excludes halogenated alkanes) is 6. The summed E-state index contributed by atoms with van der Waals surface area (Å²) in [7, 11) is 0. The van der Waals surface area contributed by atoms with E-state index in [0.717, 1.165) is 62.7 Å². The van der Waals surface area contributed by atoms with E-state index >= 15 is 0 Å². The first kappa shape index (κ1) is 78.4. The van der Waals surface area contributed by atoms with Crippen LogP contribution in [-0.4, -0.2) is 0 Å². The molecule has 0 bridgehead atoms. The van der Waals surface area contributed by atoms with E-state index in [9.17, 15) is 0 Å². The van der Waals surface area contributed by atoms with E-state index in [2.05, 4.69) is 256 Å². The van der Waals surface area contributed by atoms with Crippen molar-refractivity contribution in [2.45, 2.75) is 158 Å². The van der Waals surface area contributed by atoms with Gasteiger partial charge in [-0.2, -0.15) is 38.5 Å². The molecular formula is C67H86BrLiN2PdPt2S2-6. The molecule has 76 heavy (non-hydrogen) atoms. The quantitative estimate of drug-likeness (QED) is 0.117. The second kappa shape index (κ2) is 49.1. The molecule has 0 amide bonds. The van der Waals surface area contributed by atoms with Crippen molar-refractivity contribution in [2.75, 3.05) is 4.90 Å². The second-order valence-electron chi connectivity index (χ2n) is 17.1. The number of allylic oxidation sites excluding steroid dienone is 2. The summed E-state index contributed by atoms with van der Waals surface area (Å²) in [4.78, 5) is 7.54. The molecule has 0 fully saturated rings. The Morgan fingerprint density at radius 2 is 0.829 bits per heavy atom. The predicted molar refractivity (Wildman–Crippen MR) is 331 cm³/mol. The van der Waals surface area contributed by atoms with Crippen molar-refractivity contribution >= 4 is 80.0 Å². The minimum atomic E-state index is 0. The van der Waals surface area contributed by atoms with Crippen molar-refractivity contribution in [1.29, 1.82) is 0 Å². The topological polar surface area (TPSA) is 17.3 Å². The van der Waals surface area contributed by atoms with Crippen LogP contribution in [0.2, 0.25) is 0 Å². The molecule has 2 aliphatic heterocycles. The van der Waals surface area contributed by atoms with Gasteiger partial charge in [-0.3, -0.25) is 0 Å². The Morgan fingerprint density at radius 1 is 0.474 bits per heavy atom. The van der Waals surface area contributed by atoms with Gasteiger partial charge in [0, 0.05) is 76.8 Å². The first-order valence-corrected chi connectivity index (χ1v) is 28.8. The fourth-order valence-electron chi connectivity index (χ4n) is 6.46. The molecule has 0 radical (unpaired) electrons. The molecule has 2 nitrogen and oxygen atoms in total. The van der Waals surface area contributed by atoms with Gasteiger partial charge in [0.1, 0.15) is 0 Å². The van der Waals surface area contributed by atoms with Crippen molar-refractivity contribution in [1.82, 2.24) is 0 Å².